The first-order valence-corrected chi connectivity index (χ1v) is 19.6. The van der Waals surface area contributed by atoms with Crippen molar-refractivity contribution in [2.45, 2.75) is 91.2 Å². The molecule has 234 valence electrons. The highest BCUT2D eigenvalue weighted by Gasteiger charge is 2.27. The van der Waals surface area contributed by atoms with E-state index in [2.05, 4.69) is 72.9 Å². The molecule has 0 atom stereocenters. The van der Waals surface area contributed by atoms with Crippen LogP contribution in [0.3, 0.4) is 0 Å². The molecule has 0 amide bonds. The molecule has 0 aliphatic heterocycles. The lowest BCUT2D eigenvalue weighted by Crippen LogP contribution is -2.25. The van der Waals surface area contributed by atoms with Crippen LogP contribution in [0.4, 0.5) is 0 Å². The van der Waals surface area contributed by atoms with Gasteiger partial charge in [-0.25, -0.2) is 4.98 Å². The van der Waals surface area contributed by atoms with Crippen LogP contribution in [0.1, 0.15) is 57.1 Å². The summed E-state index contributed by atoms with van der Waals surface area (Å²) in [7, 11) is 0.432. The quantitative estimate of drug-likeness (QED) is 0.0826. The molecule has 0 spiro atoms. The maximum absolute atomic E-state index is 12.0. The van der Waals surface area contributed by atoms with Gasteiger partial charge in [0.1, 0.15) is 5.82 Å². The van der Waals surface area contributed by atoms with Crippen molar-refractivity contribution >= 4 is 14.0 Å². The van der Waals surface area contributed by atoms with Crippen LogP contribution in [0.5, 0.6) is 0 Å². The topological polar surface area (TPSA) is 77.2 Å². The minimum atomic E-state index is -1.02. The number of ether oxygens (including phenoxy) is 1. The van der Waals surface area contributed by atoms with Crippen LogP contribution in [-0.2, 0) is 29.1 Å². The van der Waals surface area contributed by atoms with Crippen molar-refractivity contribution in [3.8, 4) is 33.9 Å². The molecular weight excluding hydrogens is 563 g/mol. The summed E-state index contributed by atoms with van der Waals surface area (Å²) < 4.78 is 7.20. The number of hydrogen-bond acceptors (Lipinski definition) is 5. The van der Waals surface area contributed by atoms with E-state index in [4.69, 9.17) is 14.7 Å². The molecular formula is C37H49N3O3Si. The Kier molecular flexibility index (Phi) is 11.3. The van der Waals surface area contributed by atoms with Gasteiger partial charge in [-0.3, -0.25) is 9.78 Å². The molecule has 2 aromatic carbocycles. The Bertz CT molecular complexity index is 1500. The second kappa shape index (κ2) is 15.0. The summed E-state index contributed by atoms with van der Waals surface area (Å²) in [4.78, 5) is 21.9. The van der Waals surface area contributed by atoms with E-state index in [0.29, 0.717) is 0 Å². The third kappa shape index (κ3) is 9.23. The van der Waals surface area contributed by atoms with Crippen LogP contribution >= 0.6 is 0 Å². The van der Waals surface area contributed by atoms with Crippen molar-refractivity contribution < 1.29 is 14.6 Å². The average molecular weight is 612 g/mol. The van der Waals surface area contributed by atoms with Gasteiger partial charge in [-0.15, -0.1) is 0 Å². The standard InChI is InChI=1S/C37H49N3O3Si/c1-37(2,36(42)43-3)21-11-13-28-15-17-30(18-16-28)33-20-19-32(25-38-33)35-39-34(31-14-10-12-29(24-31)27-41)26-40(35)22-8-7-9-23-44(4,5)6/h10,12,14-20,24-26,41H,7-9,11,13,21-23,27H2,1-6H3. The number of methoxy groups -OCH3 is 1. The molecule has 7 heteroatoms. The summed E-state index contributed by atoms with van der Waals surface area (Å²) in [5, 5.41) is 9.65. The van der Waals surface area contributed by atoms with E-state index in [1.807, 2.05) is 38.2 Å². The highest BCUT2D eigenvalue weighted by molar-refractivity contribution is 6.76. The summed E-state index contributed by atoms with van der Waals surface area (Å²) in [5.74, 6) is 0.762. The first kappa shape index (κ1) is 33.3. The number of aromatic nitrogens is 3. The van der Waals surface area contributed by atoms with Gasteiger partial charge in [0.15, 0.2) is 0 Å². The fraction of sp³-hybridized carbons (Fsp3) is 0.432. The number of aliphatic hydroxyl groups excluding tert-OH is 1. The van der Waals surface area contributed by atoms with Crippen LogP contribution < -0.4 is 0 Å². The first-order chi connectivity index (χ1) is 21.0. The van der Waals surface area contributed by atoms with Gasteiger partial charge in [0.2, 0.25) is 0 Å². The number of imidazole rings is 1. The van der Waals surface area contributed by atoms with E-state index < -0.39 is 13.5 Å². The van der Waals surface area contributed by atoms with Gasteiger partial charge < -0.3 is 14.4 Å². The van der Waals surface area contributed by atoms with Crippen LogP contribution in [-0.4, -0.2) is 40.8 Å². The van der Waals surface area contributed by atoms with Crippen LogP contribution in [0.25, 0.3) is 33.9 Å². The number of benzene rings is 2. The number of unbranched alkanes of at least 4 members (excludes halogenated alkanes) is 2. The zero-order valence-electron chi connectivity index (χ0n) is 27.4. The average Bonchev–Trinajstić information content (AvgIpc) is 3.44. The monoisotopic (exact) mass is 611 g/mol. The van der Waals surface area contributed by atoms with Crippen molar-refractivity contribution in [1.29, 1.82) is 0 Å². The highest BCUT2D eigenvalue weighted by atomic mass is 28.3. The Labute approximate surface area is 264 Å². The Balaban J connectivity index is 1.47. The maximum atomic E-state index is 12.0. The third-order valence-corrected chi connectivity index (χ3v) is 10.1. The molecule has 2 aromatic heterocycles. The number of carbonyl (C=O) groups excluding carboxylic acids is 1. The fourth-order valence-corrected chi connectivity index (χ4v) is 6.86. The number of esters is 1. The van der Waals surface area contributed by atoms with Crippen molar-refractivity contribution in [1.82, 2.24) is 14.5 Å². The largest absolute Gasteiger partial charge is 0.469 e. The van der Waals surface area contributed by atoms with Crippen molar-refractivity contribution in [2.75, 3.05) is 7.11 Å². The number of carbonyl (C=O) groups is 1. The molecule has 0 fully saturated rings. The molecule has 0 aliphatic carbocycles. The Morgan fingerprint density at radius 3 is 2.30 bits per heavy atom. The molecule has 1 N–H and O–H groups in total. The van der Waals surface area contributed by atoms with E-state index in [0.717, 1.165) is 71.7 Å². The normalized spacial score (nSPS) is 12.0. The van der Waals surface area contributed by atoms with Crippen molar-refractivity contribution in [3.05, 3.63) is 84.2 Å². The Morgan fingerprint density at radius 2 is 1.64 bits per heavy atom. The highest BCUT2D eigenvalue weighted by Crippen LogP contribution is 2.29. The minimum absolute atomic E-state index is 0.0123. The van der Waals surface area contributed by atoms with Gasteiger partial charge in [-0.2, -0.15) is 0 Å². The molecule has 2 heterocycles. The molecule has 4 aromatic rings. The summed E-state index contributed by atoms with van der Waals surface area (Å²) in [5.41, 5.74) is 6.57. The number of nitrogens with zero attached hydrogens (tertiary/aromatic N) is 3. The van der Waals surface area contributed by atoms with E-state index in [-0.39, 0.29) is 12.6 Å². The molecule has 0 saturated heterocycles. The van der Waals surface area contributed by atoms with E-state index >= 15 is 0 Å². The zero-order chi connectivity index (χ0) is 31.7. The summed E-state index contributed by atoms with van der Waals surface area (Å²) >= 11 is 0. The second-order valence-electron chi connectivity index (χ2n) is 13.7. The smallest absolute Gasteiger partial charge is 0.311 e. The van der Waals surface area contributed by atoms with Crippen LogP contribution in [0, 0.1) is 5.41 Å². The number of aliphatic hydroxyl groups is 1. The predicted octanol–water partition coefficient (Wildman–Crippen LogP) is 8.80. The summed E-state index contributed by atoms with van der Waals surface area (Å²) in [6.45, 7) is 12.1. The van der Waals surface area contributed by atoms with Gasteiger partial charge in [-0.1, -0.05) is 81.0 Å². The van der Waals surface area contributed by atoms with Crippen molar-refractivity contribution in [2.24, 2.45) is 5.41 Å². The molecule has 0 unspecified atom stereocenters. The fourth-order valence-electron chi connectivity index (χ4n) is 5.55. The number of hydrogen-bond donors (Lipinski definition) is 1. The number of aryl methyl sites for hydroxylation is 2. The first-order valence-electron chi connectivity index (χ1n) is 15.9. The van der Waals surface area contributed by atoms with Gasteiger partial charge in [0.05, 0.1) is 30.5 Å². The Hall–Kier alpha value is -3.55. The zero-order valence-corrected chi connectivity index (χ0v) is 28.4. The van der Waals surface area contributed by atoms with Gasteiger partial charge in [-0.05, 0) is 68.9 Å². The van der Waals surface area contributed by atoms with E-state index in [9.17, 15) is 9.90 Å². The summed E-state index contributed by atoms with van der Waals surface area (Å²) in [6, 6.07) is 22.1. The third-order valence-electron chi connectivity index (χ3n) is 8.28. The van der Waals surface area contributed by atoms with Gasteiger partial charge in [0, 0.05) is 43.7 Å². The Morgan fingerprint density at radius 1 is 0.886 bits per heavy atom. The van der Waals surface area contributed by atoms with Gasteiger partial charge in [0.25, 0.3) is 0 Å². The lowest BCUT2D eigenvalue weighted by Gasteiger charge is -2.21. The molecule has 0 saturated carbocycles. The molecule has 0 aliphatic rings. The van der Waals surface area contributed by atoms with Crippen molar-refractivity contribution in [3.63, 3.8) is 0 Å². The second-order valence-corrected chi connectivity index (χ2v) is 19.4. The van der Waals surface area contributed by atoms with E-state index in [1.54, 1.807) is 0 Å². The molecule has 0 radical (unpaired) electrons. The van der Waals surface area contributed by atoms with E-state index in [1.165, 1.54) is 31.6 Å². The minimum Gasteiger partial charge on any atom is -0.469 e. The van der Waals surface area contributed by atoms with Gasteiger partial charge >= 0.3 is 5.97 Å². The van der Waals surface area contributed by atoms with Crippen LogP contribution in [0.2, 0.25) is 25.7 Å². The molecule has 0 bridgehead atoms. The molecule has 4 rings (SSSR count). The SMILES string of the molecule is COC(=O)C(C)(C)CCCc1ccc(-c2ccc(-c3nc(-c4cccc(CO)c4)cn3CCCCC[Si](C)(C)C)cn2)cc1. The lowest BCUT2D eigenvalue weighted by molar-refractivity contribution is -0.151. The van der Waals surface area contributed by atoms with Crippen LogP contribution in [0.15, 0.2) is 73.1 Å². The predicted molar refractivity (Wildman–Crippen MR) is 183 cm³/mol. The maximum Gasteiger partial charge on any atom is 0.311 e. The summed E-state index contributed by atoms with van der Waals surface area (Å²) in [6.07, 6.45) is 10.3. The lowest BCUT2D eigenvalue weighted by atomic mass is 9.86. The number of rotatable bonds is 15. The molecule has 44 heavy (non-hydrogen) atoms. The number of pyridine rings is 1. The molecule has 6 nitrogen and oxygen atoms in total.